The summed E-state index contributed by atoms with van der Waals surface area (Å²) in [6, 6.07) is 3.78. The van der Waals surface area contributed by atoms with Gasteiger partial charge in [0, 0.05) is 12.1 Å². The molecule has 1 aromatic heterocycles. The minimum atomic E-state index is 0.747. The topological polar surface area (TPSA) is 28.4 Å². The number of aryl methyl sites for hydroxylation is 1. The van der Waals surface area contributed by atoms with Gasteiger partial charge in [-0.15, -0.1) is 0 Å². The van der Waals surface area contributed by atoms with Crippen LogP contribution in [-0.2, 0) is 13.1 Å². The van der Waals surface area contributed by atoms with Gasteiger partial charge in [-0.2, -0.15) is 0 Å². The fraction of sp³-hybridized carbons (Fsp3) is 0.733. The fourth-order valence-electron chi connectivity index (χ4n) is 2.51. The van der Waals surface area contributed by atoms with E-state index in [2.05, 4.69) is 30.1 Å². The van der Waals surface area contributed by atoms with Crippen molar-refractivity contribution in [2.45, 2.75) is 64.7 Å². The zero-order chi connectivity index (χ0) is 12.5. The lowest BCUT2D eigenvalue weighted by atomic mass is 10.2. The normalized spacial score (nSPS) is 19.7. The van der Waals surface area contributed by atoms with E-state index in [0.29, 0.717) is 0 Å². The Morgan fingerprint density at radius 3 is 2.72 bits per heavy atom. The van der Waals surface area contributed by atoms with Crippen molar-refractivity contribution >= 4 is 0 Å². The third-order valence-electron chi connectivity index (χ3n) is 4.03. The zero-order valence-electron chi connectivity index (χ0n) is 11.5. The maximum absolute atomic E-state index is 6.00. The summed E-state index contributed by atoms with van der Waals surface area (Å²) in [5.74, 6) is 2.26. The molecule has 0 bridgehead atoms. The third kappa shape index (κ3) is 2.96. The molecule has 18 heavy (non-hydrogen) atoms. The molecule has 2 saturated carbocycles. The molecule has 2 aliphatic carbocycles. The highest BCUT2D eigenvalue weighted by atomic mass is 16.3. The van der Waals surface area contributed by atoms with Gasteiger partial charge in [0.15, 0.2) is 0 Å². The number of hydrogen-bond donors (Lipinski definition) is 1. The number of rotatable bonds is 7. The van der Waals surface area contributed by atoms with Crippen molar-refractivity contribution in [3.05, 3.63) is 23.2 Å². The number of nitrogens with one attached hydrogen (secondary N) is 1. The number of hydrogen-bond acceptors (Lipinski definition) is 3. The highest BCUT2D eigenvalue weighted by Crippen LogP contribution is 2.29. The van der Waals surface area contributed by atoms with Crippen molar-refractivity contribution in [2.24, 2.45) is 0 Å². The molecule has 0 atom stereocenters. The molecule has 0 saturated heterocycles. The van der Waals surface area contributed by atoms with E-state index in [4.69, 9.17) is 4.42 Å². The van der Waals surface area contributed by atoms with Crippen molar-refractivity contribution in [3.8, 4) is 0 Å². The molecular weight excluding hydrogens is 224 g/mol. The molecule has 0 aromatic carbocycles. The van der Waals surface area contributed by atoms with Gasteiger partial charge >= 0.3 is 0 Å². The first-order valence-electron chi connectivity index (χ1n) is 7.32. The van der Waals surface area contributed by atoms with Crippen LogP contribution in [0.2, 0.25) is 0 Å². The standard InChI is InChI=1S/C15H24N2O/c1-3-17(13-6-7-13)10-14-8-11(2)15(18-14)9-16-12-4-5-12/h8,12-13,16H,3-7,9-10H2,1-2H3. The first kappa shape index (κ1) is 12.2. The zero-order valence-corrected chi connectivity index (χ0v) is 11.5. The Labute approximate surface area is 110 Å². The van der Waals surface area contributed by atoms with Crippen LogP contribution in [-0.4, -0.2) is 23.5 Å². The van der Waals surface area contributed by atoms with Crippen LogP contribution in [0.15, 0.2) is 10.5 Å². The third-order valence-corrected chi connectivity index (χ3v) is 4.03. The van der Waals surface area contributed by atoms with Gasteiger partial charge in [0.2, 0.25) is 0 Å². The molecule has 2 fully saturated rings. The number of nitrogens with zero attached hydrogens (tertiary/aromatic N) is 1. The van der Waals surface area contributed by atoms with Crippen LogP contribution in [0, 0.1) is 6.92 Å². The molecule has 1 N–H and O–H groups in total. The van der Waals surface area contributed by atoms with Crippen LogP contribution >= 0.6 is 0 Å². The van der Waals surface area contributed by atoms with Crippen molar-refractivity contribution in [1.29, 1.82) is 0 Å². The van der Waals surface area contributed by atoms with Crippen LogP contribution in [0.4, 0.5) is 0 Å². The second kappa shape index (κ2) is 5.06. The van der Waals surface area contributed by atoms with E-state index in [1.54, 1.807) is 0 Å². The van der Waals surface area contributed by atoms with Crippen molar-refractivity contribution in [1.82, 2.24) is 10.2 Å². The lowest BCUT2D eigenvalue weighted by Gasteiger charge is -2.17. The molecule has 3 heteroatoms. The average Bonchev–Trinajstić information content (AvgIpc) is 3.24. The van der Waals surface area contributed by atoms with Crippen LogP contribution in [0.1, 0.15) is 49.7 Å². The summed E-state index contributed by atoms with van der Waals surface area (Å²) < 4.78 is 6.00. The smallest absolute Gasteiger partial charge is 0.120 e. The molecule has 3 rings (SSSR count). The Kier molecular flexibility index (Phi) is 3.44. The summed E-state index contributed by atoms with van der Waals surface area (Å²) in [7, 11) is 0. The van der Waals surface area contributed by atoms with Crippen LogP contribution in [0.25, 0.3) is 0 Å². The Morgan fingerprint density at radius 2 is 2.11 bits per heavy atom. The summed E-state index contributed by atoms with van der Waals surface area (Å²) in [4.78, 5) is 2.52. The largest absolute Gasteiger partial charge is 0.463 e. The number of furan rings is 1. The van der Waals surface area contributed by atoms with E-state index in [1.807, 2.05) is 0 Å². The van der Waals surface area contributed by atoms with Gasteiger partial charge in [-0.3, -0.25) is 4.90 Å². The van der Waals surface area contributed by atoms with Gasteiger partial charge in [-0.05, 0) is 50.8 Å². The Hall–Kier alpha value is -0.800. The molecule has 100 valence electrons. The predicted octanol–water partition coefficient (Wildman–Crippen LogP) is 2.82. The lowest BCUT2D eigenvalue weighted by molar-refractivity contribution is 0.243. The van der Waals surface area contributed by atoms with Gasteiger partial charge in [-0.1, -0.05) is 6.92 Å². The molecule has 2 aliphatic rings. The lowest BCUT2D eigenvalue weighted by Crippen LogP contribution is -2.24. The summed E-state index contributed by atoms with van der Waals surface area (Å²) in [6.45, 7) is 7.39. The molecule has 0 aliphatic heterocycles. The van der Waals surface area contributed by atoms with Crippen LogP contribution < -0.4 is 5.32 Å². The monoisotopic (exact) mass is 248 g/mol. The van der Waals surface area contributed by atoms with Crippen molar-refractivity contribution < 1.29 is 4.42 Å². The minimum Gasteiger partial charge on any atom is -0.463 e. The predicted molar refractivity (Wildman–Crippen MR) is 72.4 cm³/mol. The summed E-state index contributed by atoms with van der Waals surface area (Å²) in [5.41, 5.74) is 1.30. The van der Waals surface area contributed by atoms with E-state index in [1.165, 1.54) is 31.2 Å². The Morgan fingerprint density at radius 1 is 1.33 bits per heavy atom. The van der Waals surface area contributed by atoms with E-state index < -0.39 is 0 Å². The second-order valence-corrected chi connectivity index (χ2v) is 5.77. The molecule has 0 amide bonds. The fourth-order valence-corrected chi connectivity index (χ4v) is 2.51. The van der Waals surface area contributed by atoms with Gasteiger partial charge in [0.1, 0.15) is 11.5 Å². The summed E-state index contributed by atoms with van der Waals surface area (Å²) in [6.07, 6.45) is 5.39. The maximum atomic E-state index is 6.00. The minimum absolute atomic E-state index is 0.747. The summed E-state index contributed by atoms with van der Waals surface area (Å²) >= 11 is 0. The maximum Gasteiger partial charge on any atom is 0.120 e. The van der Waals surface area contributed by atoms with Crippen molar-refractivity contribution in [2.75, 3.05) is 6.54 Å². The van der Waals surface area contributed by atoms with Crippen LogP contribution in [0.5, 0.6) is 0 Å². The quantitative estimate of drug-likeness (QED) is 0.804. The van der Waals surface area contributed by atoms with Crippen LogP contribution in [0.3, 0.4) is 0 Å². The summed E-state index contributed by atoms with van der Waals surface area (Å²) in [5, 5.41) is 3.52. The molecule has 0 radical (unpaired) electrons. The average molecular weight is 248 g/mol. The van der Waals surface area contributed by atoms with Crippen molar-refractivity contribution in [3.63, 3.8) is 0 Å². The molecule has 3 nitrogen and oxygen atoms in total. The van der Waals surface area contributed by atoms with E-state index in [9.17, 15) is 0 Å². The molecule has 0 spiro atoms. The highest BCUT2D eigenvalue weighted by molar-refractivity contribution is 5.20. The van der Waals surface area contributed by atoms with Gasteiger partial charge in [-0.25, -0.2) is 0 Å². The van der Waals surface area contributed by atoms with E-state index in [0.717, 1.165) is 43.2 Å². The van der Waals surface area contributed by atoms with E-state index in [-0.39, 0.29) is 0 Å². The first-order chi connectivity index (χ1) is 8.76. The molecule has 1 heterocycles. The molecule has 0 unspecified atom stereocenters. The SMILES string of the molecule is CCN(Cc1cc(C)c(CNC2CC2)o1)C1CC1. The second-order valence-electron chi connectivity index (χ2n) is 5.77. The van der Waals surface area contributed by atoms with Gasteiger partial charge in [0.05, 0.1) is 13.1 Å². The first-order valence-corrected chi connectivity index (χ1v) is 7.32. The Balaban J connectivity index is 1.59. The molecular formula is C15H24N2O. The highest BCUT2D eigenvalue weighted by Gasteiger charge is 2.28. The van der Waals surface area contributed by atoms with Gasteiger partial charge < -0.3 is 9.73 Å². The molecule has 1 aromatic rings. The Bertz CT molecular complexity index is 405. The van der Waals surface area contributed by atoms with E-state index >= 15 is 0 Å². The van der Waals surface area contributed by atoms with Gasteiger partial charge in [0.25, 0.3) is 0 Å².